The fourth-order valence-corrected chi connectivity index (χ4v) is 2.12. The summed E-state index contributed by atoms with van der Waals surface area (Å²) in [6, 6.07) is 8.64. The van der Waals surface area contributed by atoms with E-state index in [4.69, 9.17) is 5.73 Å². The zero-order valence-corrected chi connectivity index (χ0v) is 11.9. The number of carbonyl (C=O) groups excluding carboxylic acids is 1. The molecule has 21 heavy (non-hydrogen) atoms. The average molecular weight is 290 g/mol. The molecule has 0 aliphatic carbocycles. The Morgan fingerprint density at radius 1 is 1.14 bits per heavy atom. The molecule has 2 N–H and O–H groups in total. The van der Waals surface area contributed by atoms with Gasteiger partial charge in [0.05, 0.1) is 0 Å². The van der Waals surface area contributed by atoms with E-state index < -0.39 is 11.6 Å². The SMILES string of the molecule is Cc1cc(N)ccc1C(=O)N(C)Cc1ccc(F)c(F)c1. The quantitative estimate of drug-likeness (QED) is 0.883. The number of benzene rings is 2. The van der Waals surface area contributed by atoms with Gasteiger partial charge in [-0.15, -0.1) is 0 Å². The van der Waals surface area contributed by atoms with Crippen molar-refractivity contribution in [1.82, 2.24) is 4.90 Å². The van der Waals surface area contributed by atoms with E-state index in [0.717, 1.165) is 17.7 Å². The van der Waals surface area contributed by atoms with Crippen molar-refractivity contribution in [3.05, 3.63) is 64.7 Å². The van der Waals surface area contributed by atoms with Gasteiger partial charge in [0.2, 0.25) is 0 Å². The molecule has 0 spiro atoms. The molecule has 2 rings (SSSR count). The molecule has 0 saturated heterocycles. The summed E-state index contributed by atoms with van der Waals surface area (Å²) >= 11 is 0. The topological polar surface area (TPSA) is 46.3 Å². The third-order valence-corrected chi connectivity index (χ3v) is 3.23. The van der Waals surface area contributed by atoms with Crippen molar-refractivity contribution >= 4 is 11.6 Å². The van der Waals surface area contributed by atoms with Crippen LogP contribution >= 0.6 is 0 Å². The van der Waals surface area contributed by atoms with Crippen molar-refractivity contribution < 1.29 is 13.6 Å². The molecular formula is C16H16F2N2O. The smallest absolute Gasteiger partial charge is 0.254 e. The molecule has 5 heteroatoms. The molecule has 1 amide bonds. The minimum absolute atomic E-state index is 0.194. The molecule has 0 saturated carbocycles. The highest BCUT2D eigenvalue weighted by atomic mass is 19.2. The lowest BCUT2D eigenvalue weighted by Gasteiger charge is -2.18. The van der Waals surface area contributed by atoms with Crippen LogP contribution in [-0.2, 0) is 6.54 Å². The number of nitrogens with two attached hydrogens (primary N) is 1. The van der Waals surface area contributed by atoms with E-state index in [0.29, 0.717) is 16.8 Å². The molecule has 0 atom stereocenters. The van der Waals surface area contributed by atoms with Gasteiger partial charge in [0, 0.05) is 24.8 Å². The van der Waals surface area contributed by atoms with E-state index in [1.807, 2.05) is 0 Å². The highest BCUT2D eigenvalue weighted by Gasteiger charge is 2.15. The van der Waals surface area contributed by atoms with Crippen molar-refractivity contribution in [3.63, 3.8) is 0 Å². The Bertz CT molecular complexity index is 686. The Balaban J connectivity index is 2.17. The van der Waals surface area contributed by atoms with Crippen LogP contribution in [-0.4, -0.2) is 17.9 Å². The Hall–Kier alpha value is -2.43. The number of nitrogen functional groups attached to an aromatic ring is 1. The number of hydrogen-bond acceptors (Lipinski definition) is 2. The minimum Gasteiger partial charge on any atom is -0.399 e. The molecule has 2 aromatic rings. The molecule has 110 valence electrons. The largest absolute Gasteiger partial charge is 0.399 e. The highest BCUT2D eigenvalue weighted by molar-refractivity contribution is 5.95. The normalized spacial score (nSPS) is 10.5. The molecule has 0 unspecified atom stereocenters. The molecule has 0 heterocycles. The molecule has 0 bridgehead atoms. The van der Waals surface area contributed by atoms with Gasteiger partial charge < -0.3 is 10.6 Å². The summed E-state index contributed by atoms with van der Waals surface area (Å²) in [5.41, 5.74) is 8.08. The number of carbonyl (C=O) groups is 1. The Morgan fingerprint density at radius 3 is 2.48 bits per heavy atom. The predicted octanol–water partition coefficient (Wildman–Crippen LogP) is 3.13. The second-order valence-electron chi connectivity index (χ2n) is 4.98. The third-order valence-electron chi connectivity index (χ3n) is 3.23. The second kappa shape index (κ2) is 5.91. The maximum Gasteiger partial charge on any atom is 0.254 e. The van der Waals surface area contributed by atoms with Crippen LogP contribution in [0.5, 0.6) is 0 Å². The maximum atomic E-state index is 13.2. The lowest BCUT2D eigenvalue weighted by Crippen LogP contribution is -2.27. The summed E-state index contributed by atoms with van der Waals surface area (Å²) < 4.78 is 26.1. The zero-order chi connectivity index (χ0) is 15.6. The van der Waals surface area contributed by atoms with Crippen LogP contribution in [0.2, 0.25) is 0 Å². The van der Waals surface area contributed by atoms with E-state index in [9.17, 15) is 13.6 Å². The molecule has 0 fully saturated rings. The molecule has 0 aromatic heterocycles. The van der Waals surface area contributed by atoms with Crippen LogP contribution < -0.4 is 5.73 Å². The van der Waals surface area contributed by atoms with E-state index in [1.54, 1.807) is 32.2 Å². The van der Waals surface area contributed by atoms with Gasteiger partial charge in [-0.1, -0.05) is 6.07 Å². The van der Waals surface area contributed by atoms with Crippen LogP contribution in [0.15, 0.2) is 36.4 Å². The summed E-state index contributed by atoms with van der Waals surface area (Å²) in [5.74, 6) is -2.02. The summed E-state index contributed by atoms with van der Waals surface area (Å²) in [6.07, 6.45) is 0. The van der Waals surface area contributed by atoms with Gasteiger partial charge >= 0.3 is 0 Å². The molecule has 0 aliphatic rings. The molecular weight excluding hydrogens is 274 g/mol. The van der Waals surface area contributed by atoms with E-state index in [2.05, 4.69) is 0 Å². The van der Waals surface area contributed by atoms with E-state index in [1.165, 1.54) is 11.0 Å². The Labute approximate surface area is 122 Å². The van der Waals surface area contributed by atoms with Crippen LogP contribution in [0.25, 0.3) is 0 Å². The fourth-order valence-electron chi connectivity index (χ4n) is 2.12. The molecule has 0 aliphatic heterocycles. The first-order valence-electron chi connectivity index (χ1n) is 6.44. The van der Waals surface area contributed by atoms with E-state index in [-0.39, 0.29) is 12.5 Å². The van der Waals surface area contributed by atoms with Crippen LogP contribution in [0.4, 0.5) is 14.5 Å². The van der Waals surface area contributed by atoms with Crippen molar-refractivity contribution in [3.8, 4) is 0 Å². The second-order valence-corrected chi connectivity index (χ2v) is 4.98. The lowest BCUT2D eigenvalue weighted by atomic mass is 10.1. The zero-order valence-electron chi connectivity index (χ0n) is 11.9. The Kier molecular flexibility index (Phi) is 4.21. The molecule has 3 nitrogen and oxygen atoms in total. The third kappa shape index (κ3) is 3.37. The van der Waals surface area contributed by atoms with E-state index >= 15 is 0 Å². The van der Waals surface area contributed by atoms with Crippen molar-refractivity contribution in [2.45, 2.75) is 13.5 Å². The number of amides is 1. The summed E-state index contributed by atoms with van der Waals surface area (Å²) in [7, 11) is 1.61. The number of anilines is 1. The number of halogens is 2. The van der Waals surface area contributed by atoms with Gasteiger partial charge in [-0.2, -0.15) is 0 Å². The lowest BCUT2D eigenvalue weighted by molar-refractivity contribution is 0.0784. The van der Waals surface area contributed by atoms with Crippen molar-refractivity contribution in [1.29, 1.82) is 0 Å². The first-order chi connectivity index (χ1) is 9.88. The van der Waals surface area contributed by atoms with Gasteiger partial charge in [0.15, 0.2) is 11.6 Å². The minimum atomic E-state index is -0.919. The van der Waals surface area contributed by atoms with Gasteiger partial charge in [0.1, 0.15) is 0 Å². The molecule has 2 aromatic carbocycles. The maximum absolute atomic E-state index is 13.2. The van der Waals surface area contributed by atoms with Gasteiger partial charge in [0.25, 0.3) is 5.91 Å². The average Bonchev–Trinajstić information content (AvgIpc) is 2.42. The van der Waals surface area contributed by atoms with Crippen molar-refractivity contribution in [2.75, 3.05) is 12.8 Å². The monoisotopic (exact) mass is 290 g/mol. The summed E-state index contributed by atoms with van der Waals surface area (Å²) in [4.78, 5) is 13.8. The predicted molar refractivity (Wildman–Crippen MR) is 77.7 cm³/mol. The van der Waals surface area contributed by atoms with Crippen LogP contribution in [0.3, 0.4) is 0 Å². The number of aryl methyl sites for hydroxylation is 1. The first-order valence-corrected chi connectivity index (χ1v) is 6.44. The van der Waals surface area contributed by atoms with Crippen LogP contribution in [0.1, 0.15) is 21.5 Å². The summed E-state index contributed by atoms with van der Waals surface area (Å²) in [6.45, 7) is 1.99. The number of hydrogen-bond donors (Lipinski definition) is 1. The summed E-state index contributed by atoms with van der Waals surface area (Å²) in [5, 5.41) is 0. The van der Waals surface area contributed by atoms with Crippen molar-refractivity contribution in [2.24, 2.45) is 0 Å². The number of rotatable bonds is 3. The number of nitrogens with zero attached hydrogens (tertiary/aromatic N) is 1. The molecule has 0 radical (unpaired) electrons. The van der Waals surface area contributed by atoms with Gasteiger partial charge in [-0.3, -0.25) is 4.79 Å². The van der Waals surface area contributed by atoms with Crippen LogP contribution in [0, 0.1) is 18.6 Å². The standard InChI is InChI=1S/C16H16F2N2O/c1-10-7-12(19)4-5-13(10)16(21)20(2)9-11-3-6-14(17)15(18)8-11/h3-8H,9,19H2,1-2H3. The first kappa shape index (κ1) is 15.0. The van der Waals surface area contributed by atoms with Gasteiger partial charge in [-0.05, 0) is 48.4 Å². The van der Waals surface area contributed by atoms with Gasteiger partial charge in [-0.25, -0.2) is 8.78 Å². The highest BCUT2D eigenvalue weighted by Crippen LogP contribution is 2.16. The Morgan fingerprint density at radius 2 is 1.86 bits per heavy atom. The fraction of sp³-hybridized carbons (Fsp3) is 0.188.